The number of nitrogen functional groups attached to an aromatic ring is 1. The molecule has 1 aromatic carbocycles. The van der Waals surface area contributed by atoms with E-state index in [0.29, 0.717) is 11.3 Å². The van der Waals surface area contributed by atoms with Crippen molar-refractivity contribution in [2.24, 2.45) is 0 Å². The van der Waals surface area contributed by atoms with Crippen LogP contribution in [-0.2, 0) is 0 Å². The number of amides is 1. The lowest BCUT2D eigenvalue weighted by Crippen LogP contribution is -2.29. The number of likely N-dealkylation sites (tertiary alicyclic amines) is 1. The number of carbonyl (C=O) groups is 1. The number of rotatable bonds is 1. The molecular weight excluding hydrogens is 288 g/mol. The second-order valence-electron chi connectivity index (χ2n) is 4.12. The highest BCUT2D eigenvalue weighted by atomic mass is 79.9. The van der Waals surface area contributed by atoms with Gasteiger partial charge in [-0.2, -0.15) is 0 Å². The molecule has 1 heterocycles. The first-order valence-electron chi connectivity index (χ1n) is 5.19. The zero-order valence-electron chi connectivity index (χ0n) is 9.01. The van der Waals surface area contributed by atoms with Crippen LogP contribution in [0.25, 0.3) is 0 Å². The van der Waals surface area contributed by atoms with Crippen LogP contribution in [0.15, 0.2) is 22.7 Å². The molecule has 1 amide bonds. The minimum atomic E-state index is -0.872. The van der Waals surface area contributed by atoms with E-state index in [9.17, 15) is 15.0 Å². The number of nitrogens with two attached hydrogens (primary N) is 1. The highest BCUT2D eigenvalue weighted by Gasteiger charge is 2.32. The van der Waals surface area contributed by atoms with Crippen molar-refractivity contribution in [3.63, 3.8) is 0 Å². The summed E-state index contributed by atoms with van der Waals surface area (Å²) in [7, 11) is 0. The lowest BCUT2D eigenvalue weighted by molar-refractivity contribution is 0.0572. The standard InChI is InChI=1S/C11H13BrN2O3/c12-7-1-6(2-8(13)3-7)11(17)14-4-9(15)10(16)5-14/h1-3,9-10,15-16H,4-5,13H2. The van der Waals surface area contributed by atoms with Crippen molar-refractivity contribution in [1.82, 2.24) is 4.90 Å². The Morgan fingerprint density at radius 1 is 1.29 bits per heavy atom. The largest absolute Gasteiger partial charge is 0.399 e. The predicted molar refractivity (Wildman–Crippen MR) is 66.5 cm³/mol. The summed E-state index contributed by atoms with van der Waals surface area (Å²) >= 11 is 3.26. The van der Waals surface area contributed by atoms with Crippen LogP contribution in [0.3, 0.4) is 0 Å². The summed E-state index contributed by atoms with van der Waals surface area (Å²) in [4.78, 5) is 13.5. The Bertz CT molecular complexity index is 422. The van der Waals surface area contributed by atoms with Gasteiger partial charge in [0.15, 0.2) is 0 Å². The van der Waals surface area contributed by atoms with Gasteiger partial charge in [-0.25, -0.2) is 0 Å². The molecule has 0 saturated carbocycles. The van der Waals surface area contributed by atoms with Crippen molar-refractivity contribution in [3.05, 3.63) is 28.2 Å². The fourth-order valence-corrected chi connectivity index (χ4v) is 2.36. The van der Waals surface area contributed by atoms with Gasteiger partial charge in [0.25, 0.3) is 5.91 Å². The van der Waals surface area contributed by atoms with Gasteiger partial charge in [-0.3, -0.25) is 4.79 Å². The van der Waals surface area contributed by atoms with Crippen LogP contribution in [0.1, 0.15) is 10.4 Å². The molecule has 0 aromatic heterocycles. The lowest BCUT2D eigenvalue weighted by atomic mass is 10.2. The molecular formula is C11H13BrN2O3. The van der Waals surface area contributed by atoms with Gasteiger partial charge < -0.3 is 20.8 Å². The zero-order valence-corrected chi connectivity index (χ0v) is 10.6. The van der Waals surface area contributed by atoms with Crippen molar-refractivity contribution in [2.75, 3.05) is 18.8 Å². The van der Waals surface area contributed by atoms with E-state index < -0.39 is 12.2 Å². The van der Waals surface area contributed by atoms with Crippen LogP contribution in [0.5, 0.6) is 0 Å². The van der Waals surface area contributed by atoms with Gasteiger partial charge in [0.2, 0.25) is 0 Å². The molecule has 1 aliphatic heterocycles. The van der Waals surface area contributed by atoms with Gasteiger partial charge >= 0.3 is 0 Å². The molecule has 2 atom stereocenters. The van der Waals surface area contributed by atoms with Gasteiger partial charge in [0, 0.05) is 28.8 Å². The molecule has 2 rings (SSSR count). The minimum Gasteiger partial charge on any atom is -0.399 e. The van der Waals surface area contributed by atoms with Gasteiger partial charge in [0.05, 0.1) is 12.2 Å². The number of halogens is 1. The lowest BCUT2D eigenvalue weighted by Gasteiger charge is -2.15. The molecule has 0 radical (unpaired) electrons. The van der Waals surface area contributed by atoms with E-state index in [0.717, 1.165) is 4.47 Å². The maximum absolute atomic E-state index is 12.1. The average Bonchev–Trinajstić information content (AvgIpc) is 2.57. The molecule has 0 aliphatic carbocycles. The molecule has 0 spiro atoms. The van der Waals surface area contributed by atoms with Crippen LogP contribution < -0.4 is 5.73 Å². The molecule has 0 bridgehead atoms. The minimum absolute atomic E-state index is 0.145. The summed E-state index contributed by atoms with van der Waals surface area (Å²) in [6.45, 7) is 0.291. The summed E-state index contributed by atoms with van der Waals surface area (Å²) in [5.74, 6) is -0.242. The van der Waals surface area contributed by atoms with Gasteiger partial charge in [-0.1, -0.05) is 15.9 Å². The predicted octanol–water partition coefficient (Wildman–Crippen LogP) is 0.209. The van der Waals surface area contributed by atoms with Crippen molar-refractivity contribution in [2.45, 2.75) is 12.2 Å². The first-order chi connectivity index (χ1) is 7.97. The van der Waals surface area contributed by atoms with Crippen LogP contribution in [0.4, 0.5) is 5.69 Å². The third kappa shape index (κ3) is 2.59. The molecule has 1 aromatic rings. The molecule has 4 N–H and O–H groups in total. The highest BCUT2D eigenvalue weighted by Crippen LogP contribution is 2.20. The summed E-state index contributed by atoms with van der Waals surface area (Å²) < 4.78 is 0.723. The number of β-amino-alcohol motifs (C(OH)–C–C–N with tert-alkyl or cyclic N) is 2. The summed E-state index contributed by atoms with van der Waals surface area (Å²) in [5.41, 5.74) is 6.58. The van der Waals surface area contributed by atoms with Crippen molar-refractivity contribution in [1.29, 1.82) is 0 Å². The third-order valence-corrected chi connectivity index (χ3v) is 3.17. The first kappa shape index (κ1) is 12.3. The third-order valence-electron chi connectivity index (χ3n) is 2.71. The first-order valence-corrected chi connectivity index (χ1v) is 5.98. The van der Waals surface area contributed by atoms with E-state index >= 15 is 0 Å². The molecule has 5 nitrogen and oxygen atoms in total. The molecule has 1 saturated heterocycles. The fourth-order valence-electron chi connectivity index (χ4n) is 1.85. The van der Waals surface area contributed by atoms with Crippen molar-refractivity contribution in [3.8, 4) is 0 Å². The highest BCUT2D eigenvalue weighted by molar-refractivity contribution is 9.10. The number of hydrogen-bond acceptors (Lipinski definition) is 4. The number of anilines is 1. The molecule has 17 heavy (non-hydrogen) atoms. The normalized spacial score (nSPS) is 24.1. The van der Waals surface area contributed by atoms with Crippen LogP contribution in [-0.4, -0.2) is 46.3 Å². The van der Waals surface area contributed by atoms with Gasteiger partial charge in [-0.15, -0.1) is 0 Å². The zero-order chi connectivity index (χ0) is 12.6. The smallest absolute Gasteiger partial charge is 0.254 e. The number of benzene rings is 1. The van der Waals surface area contributed by atoms with Crippen molar-refractivity contribution < 1.29 is 15.0 Å². The Morgan fingerprint density at radius 2 is 1.88 bits per heavy atom. The summed E-state index contributed by atoms with van der Waals surface area (Å²) in [5, 5.41) is 18.8. The van der Waals surface area contributed by atoms with Crippen LogP contribution in [0, 0.1) is 0 Å². The molecule has 1 aliphatic rings. The SMILES string of the molecule is Nc1cc(Br)cc(C(=O)N2CC(O)C(O)C2)c1. The maximum Gasteiger partial charge on any atom is 0.254 e. The van der Waals surface area contributed by atoms with E-state index in [-0.39, 0.29) is 19.0 Å². The molecule has 6 heteroatoms. The second-order valence-corrected chi connectivity index (χ2v) is 5.03. The summed E-state index contributed by atoms with van der Waals surface area (Å²) in [6.07, 6.45) is -1.74. The maximum atomic E-state index is 12.1. The van der Waals surface area contributed by atoms with Crippen LogP contribution >= 0.6 is 15.9 Å². The van der Waals surface area contributed by atoms with E-state index in [1.807, 2.05) is 0 Å². The van der Waals surface area contributed by atoms with Gasteiger partial charge in [0.1, 0.15) is 0 Å². The van der Waals surface area contributed by atoms with E-state index in [2.05, 4.69) is 15.9 Å². The Kier molecular flexibility index (Phi) is 3.37. The Hall–Kier alpha value is -1.11. The van der Waals surface area contributed by atoms with Crippen LogP contribution in [0.2, 0.25) is 0 Å². The van der Waals surface area contributed by atoms with E-state index in [4.69, 9.17) is 5.73 Å². The average molecular weight is 301 g/mol. The second kappa shape index (κ2) is 4.64. The number of carbonyl (C=O) groups excluding carboxylic acids is 1. The number of aliphatic hydroxyl groups is 2. The molecule has 2 unspecified atom stereocenters. The van der Waals surface area contributed by atoms with E-state index in [1.165, 1.54) is 4.90 Å². The Morgan fingerprint density at radius 3 is 2.41 bits per heavy atom. The van der Waals surface area contributed by atoms with Crippen molar-refractivity contribution >= 4 is 27.5 Å². The molecule has 1 fully saturated rings. The molecule has 92 valence electrons. The Balaban J connectivity index is 2.20. The monoisotopic (exact) mass is 300 g/mol. The van der Waals surface area contributed by atoms with Gasteiger partial charge in [-0.05, 0) is 18.2 Å². The topological polar surface area (TPSA) is 86.8 Å². The Labute approximate surface area is 107 Å². The number of nitrogens with zero attached hydrogens (tertiary/aromatic N) is 1. The quantitative estimate of drug-likeness (QED) is 0.647. The van der Waals surface area contributed by atoms with E-state index in [1.54, 1.807) is 18.2 Å². The fraction of sp³-hybridized carbons (Fsp3) is 0.364. The number of aliphatic hydroxyl groups excluding tert-OH is 2. The number of hydrogen-bond donors (Lipinski definition) is 3. The summed E-state index contributed by atoms with van der Waals surface area (Å²) in [6, 6.07) is 4.93.